The van der Waals surface area contributed by atoms with E-state index in [0.717, 1.165) is 5.56 Å². The van der Waals surface area contributed by atoms with Gasteiger partial charge in [0, 0.05) is 0 Å². The van der Waals surface area contributed by atoms with Gasteiger partial charge < -0.3 is 11.5 Å². The van der Waals surface area contributed by atoms with Crippen molar-refractivity contribution in [3.63, 3.8) is 0 Å². The van der Waals surface area contributed by atoms with Gasteiger partial charge in [0.25, 0.3) is 0 Å². The van der Waals surface area contributed by atoms with Gasteiger partial charge in [0.2, 0.25) is 0 Å². The molecule has 0 amide bonds. The molecule has 0 heterocycles. The Balaban J connectivity index is 2.96. The van der Waals surface area contributed by atoms with Crippen molar-refractivity contribution in [3.05, 3.63) is 35.6 Å². The zero-order chi connectivity index (χ0) is 9.19. The second-order valence-electron chi connectivity index (χ2n) is 2.90. The van der Waals surface area contributed by atoms with Crippen LogP contribution >= 0.6 is 0 Å². The maximum atomic E-state index is 12.5. The maximum Gasteiger partial charge on any atom is 0.123 e. The summed E-state index contributed by atoms with van der Waals surface area (Å²) in [7, 11) is 0. The van der Waals surface area contributed by atoms with E-state index in [9.17, 15) is 4.39 Å². The number of benzene rings is 1. The third-order valence-electron chi connectivity index (χ3n) is 1.97. The smallest absolute Gasteiger partial charge is 0.123 e. The van der Waals surface area contributed by atoms with Gasteiger partial charge >= 0.3 is 0 Å². The van der Waals surface area contributed by atoms with Crippen molar-refractivity contribution in [2.75, 3.05) is 0 Å². The Bertz CT molecular complexity index is 254. The van der Waals surface area contributed by atoms with Crippen LogP contribution in [0.4, 0.5) is 4.39 Å². The molecule has 12 heavy (non-hydrogen) atoms. The zero-order valence-electron chi connectivity index (χ0n) is 7.05. The van der Waals surface area contributed by atoms with E-state index in [4.69, 9.17) is 11.5 Å². The van der Waals surface area contributed by atoms with E-state index in [1.54, 1.807) is 12.1 Å². The van der Waals surface area contributed by atoms with Crippen LogP contribution in [0.1, 0.15) is 18.9 Å². The molecule has 2 nitrogen and oxygen atoms in total. The number of nitrogens with two attached hydrogens (primary N) is 2. The monoisotopic (exact) mass is 168 g/mol. The molecular weight excluding hydrogens is 155 g/mol. The molecule has 4 N–H and O–H groups in total. The maximum absolute atomic E-state index is 12.5. The second kappa shape index (κ2) is 3.21. The first-order chi connectivity index (χ1) is 5.56. The van der Waals surface area contributed by atoms with Crippen LogP contribution in [-0.4, -0.2) is 0 Å². The van der Waals surface area contributed by atoms with E-state index in [-0.39, 0.29) is 5.82 Å². The SMILES string of the molecule is CCC(N)(N)c1ccc(F)cc1. The quantitative estimate of drug-likeness (QED) is 0.654. The summed E-state index contributed by atoms with van der Waals surface area (Å²) < 4.78 is 12.5. The van der Waals surface area contributed by atoms with Gasteiger partial charge in [0.1, 0.15) is 5.82 Å². The molecule has 0 aromatic heterocycles. The summed E-state index contributed by atoms with van der Waals surface area (Å²) >= 11 is 0. The molecule has 66 valence electrons. The number of rotatable bonds is 2. The molecule has 0 bridgehead atoms. The first-order valence-corrected chi connectivity index (χ1v) is 3.90. The van der Waals surface area contributed by atoms with Gasteiger partial charge in [-0.1, -0.05) is 19.1 Å². The Hall–Kier alpha value is -0.930. The van der Waals surface area contributed by atoms with Crippen molar-refractivity contribution in [2.24, 2.45) is 11.5 Å². The van der Waals surface area contributed by atoms with E-state index in [2.05, 4.69) is 0 Å². The molecule has 1 rings (SSSR count). The van der Waals surface area contributed by atoms with Gasteiger partial charge in [-0.15, -0.1) is 0 Å². The molecule has 0 saturated heterocycles. The minimum atomic E-state index is -0.840. The minimum Gasteiger partial charge on any atom is -0.310 e. The molecule has 1 aromatic rings. The minimum absolute atomic E-state index is 0.273. The normalized spacial score (nSPS) is 11.7. The lowest BCUT2D eigenvalue weighted by molar-refractivity contribution is 0.447. The molecule has 0 unspecified atom stereocenters. The standard InChI is InChI=1S/C9H13FN2/c1-2-9(11,12)7-3-5-8(10)6-4-7/h3-6H,2,11-12H2,1H3. The molecule has 0 radical (unpaired) electrons. The first-order valence-electron chi connectivity index (χ1n) is 3.90. The molecule has 0 atom stereocenters. The summed E-state index contributed by atoms with van der Waals surface area (Å²) in [5.41, 5.74) is 11.4. The van der Waals surface area contributed by atoms with E-state index >= 15 is 0 Å². The average molecular weight is 168 g/mol. The third-order valence-corrected chi connectivity index (χ3v) is 1.97. The molecular formula is C9H13FN2. The van der Waals surface area contributed by atoms with Gasteiger partial charge in [0.05, 0.1) is 5.66 Å². The third kappa shape index (κ3) is 1.81. The van der Waals surface area contributed by atoms with Crippen molar-refractivity contribution in [1.82, 2.24) is 0 Å². The lowest BCUT2D eigenvalue weighted by Gasteiger charge is -2.22. The predicted molar refractivity (Wildman–Crippen MR) is 46.7 cm³/mol. The van der Waals surface area contributed by atoms with E-state index < -0.39 is 5.66 Å². The number of hydrogen-bond donors (Lipinski definition) is 2. The summed E-state index contributed by atoms with van der Waals surface area (Å²) in [4.78, 5) is 0. The van der Waals surface area contributed by atoms with Crippen molar-refractivity contribution < 1.29 is 4.39 Å². The Labute approximate surface area is 71.4 Å². The summed E-state index contributed by atoms with van der Waals surface area (Å²) in [6, 6.07) is 5.94. The summed E-state index contributed by atoms with van der Waals surface area (Å²) in [5.74, 6) is -0.273. The molecule has 0 aliphatic carbocycles. The van der Waals surface area contributed by atoms with Gasteiger partial charge in [-0.3, -0.25) is 0 Å². The van der Waals surface area contributed by atoms with Crippen LogP contribution in [0.5, 0.6) is 0 Å². The fraction of sp³-hybridized carbons (Fsp3) is 0.333. The van der Waals surface area contributed by atoms with Crippen LogP contribution in [0.25, 0.3) is 0 Å². The fourth-order valence-electron chi connectivity index (χ4n) is 0.964. The topological polar surface area (TPSA) is 52.0 Å². The van der Waals surface area contributed by atoms with Crippen LogP contribution in [0.2, 0.25) is 0 Å². The van der Waals surface area contributed by atoms with Crippen LogP contribution in [0, 0.1) is 5.82 Å². The Kier molecular flexibility index (Phi) is 2.45. The molecule has 0 aliphatic rings. The highest BCUT2D eigenvalue weighted by atomic mass is 19.1. The van der Waals surface area contributed by atoms with Crippen molar-refractivity contribution in [1.29, 1.82) is 0 Å². The van der Waals surface area contributed by atoms with Crippen molar-refractivity contribution in [3.8, 4) is 0 Å². The summed E-state index contributed by atoms with van der Waals surface area (Å²) in [6.45, 7) is 1.89. The van der Waals surface area contributed by atoms with Gasteiger partial charge in [-0.2, -0.15) is 0 Å². The molecule has 0 fully saturated rings. The Morgan fingerprint density at radius 1 is 1.25 bits per heavy atom. The van der Waals surface area contributed by atoms with Crippen molar-refractivity contribution in [2.45, 2.75) is 19.0 Å². The summed E-state index contributed by atoms with van der Waals surface area (Å²) in [6.07, 6.45) is 0.624. The summed E-state index contributed by atoms with van der Waals surface area (Å²) in [5, 5.41) is 0. The molecule has 0 spiro atoms. The highest BCUT2D eigenvalue weighted by Crippen LogP contribution is 2.15. The lowest BCUT2D eigenvalue weighted by Crippen LogP contribution is -2.45. The van der Waals surface area contributed by atoms with Crippen LogP contribution < -0.4 is 11.5 Å². The predicted octanol–water partition coefficient (Wildman–Crippen LogP) is 1.31. The number of halogens is 1. The molecule has 3 heteroatoms. The van der Waals surface area contributed by atoms with E-state index in [1.807, 2.05) is 6.92 Å². The van der Waals surface area contributed by atoms with E-state index in [1.165, 1.54) is 12.1 Å². The van der Waals surface area contributed by atoms with Crippen LogP contribution in [0.15, 0.2) is 24.3 Å². The van der Waals surface area contributed by atoms with Crippen LogP contribution in [-0.2, 0) is 5.66 Å². The Morgan fingerprint density at radius 3 is 2.17 bits per heavy atom. The molecule has 0 saturated carbocycles. The second-order valence-corrected chi connectivity index (χ2v) is 2.90. The highest BCUT2D eigenvalue weighted by molar-refractivity contribution is 5.22. The highest BCUT2D eigenvalue weighted by Gasteiger charge is 2.18. The van der Waals surface area contributed by atoms with Crippen molar-refractivity contribution >= 4 is 0 Å². The zero-order valence-corrected chi connectivity index (χ0v) is 7.05. The lowest BCUT2D eigenvalue weighted by atomic mass is 9.99. The number of hydrogen-bond acceptors (Lipinski definition) is 2. The van der Waals surface area contributed by atoms with Gasteiger partial charge in [0.15, 0.2) is 0 Å². The Morgan fingerprint density at radius 2 is 1.75 bits per heavy atom. The molecule has 0 aliphatic heterocycles. The first kappa shape index (κ1) is 9.16. The fourth-order valence-corrected chi connectivity index (χ4v) is 0.964. The van der Waals surface area contributed by atoms with Gasteiger partial charge in [-0.05, 0) is 24.1 Å². The van der Waals surface area contributed by atoms with Gasteiger partial charge in [-0.25, -0.2) is 4.39 Å². The van der Waals surface area contributed by atoms with E-state index in [0.29, 0.717) is 6.42 Å². The molecule has 1 aromatic carbocycles. The average Bonchev–Trinajstić information content (AvgIpc) is 2.05. The largest absolute Gasteiger partial charge is 0.310 e. The van der Waals surface area contributed by atoms with Crippen LogP contribution in [0.3, 0.4) is 0 Å².